The average molecular weight is 417 g/mol. The summed E-state index contributed by atoms with van der Waals surface area (Å²) in [4.78, 5) is 26.2. The molecular formula is C23H32N2O5. The van der Waals surface area contributed by atoms with Crippen LogP contribution in [0.2, 0.25) is 0 Å². The molecule has 1 saturated heterocycles. The van der Waals surface area contributed by atoms with Crippen molar-refractivity contribution in [2.75, 3.05) is 27.9 Å². The maximum Gasteiger partial charge on any atom is 0.240 e. The standard InChI is InChI=1S/C23H32N2O5/c1-23(14-30-23)21(26)18(13-15-7-5-6-8-15)25-22(27)19(24-2)20(29-4)16-9-11-17(28-3)12-10-16/h7,9-12,18-20,24H,5-6,8,13-14H2,1-4H3,(H,25,27). The van der Waals surface area contributed by atoms with Gasteiger partial charge in [0.25, 0.3) is 0 Å². The van der Waals surface area contributed by atoms with E-state index in [0.717, 1.165) is 30.6 Å². The maximum absolute atomic E-state index is 13.2. The van der Waals surface area contributed by atoms with Gasteiger partial charge in [-0.25, -0.2) is 0 Å². The number of carbonyl (C=O) groups is 2. The summed E-state index contributed by atoms with van der Waals surface area (Å²) in [5.74, 6) is 0.380. The van der Waals surface area contributed by atoms with Crippen LogP contribution in [0.5, 0.6) is 5.75 Å². The van der Waals surface area contributed by atoms with E-state index in [9.17, 15) is 9.59 Å². The molecule has 1 aromatic carbocycles. The van der Waals surface area contributed by atoms with E-state index in [1.54, 1.807) is 28.2 Å². The molecule has 1 aliphatic heterocycles. The Labute approximate surface area is 178 Å². The molecule has 2 N–H and O–H groups in total. The Morgan fingerprint density at radius 2 is 1.93 bits per heavy atom. The molecule has 1 heterocycles. The van der Waals surface area contributed by atoms with Crippen LogP contribution >= 0.6 is 0 Å². The van der Waals surface area contributed by atoms with E-state index >= 15 is 0 Å². The Morgan fingerprint density at radius 3 is 2.43 bits per heavy atom. The minimum atomic E-state index is -0.789. The van der Waals surface area contributed by atoms with Crippen molar-refractivity contribution in [3.63, 3.8) is 0 Å². The molecule has 3 rings (SSSR count). The highest BCUT2D eigenvalue weighted by Crippen LogP contribution is 2.31. The van der Waals surface area contributed by atoms with Crippen LogP contribution < -0.4 is 15.4 Å². The molecular weight excluding hydrogens is 384 g/mol. The molecule has 4 atom stereocenters. The number of likely N-dealkylation sites (N-methyl/N-ethyl adjacent to an activating group) is 1. The van der Waals surface area contributed by atoms with Gasteiger partial charge in [0.05, 0.1) is 19.8 Å². The van der Waals surface area contributed by atoms with Gasteiger partial charge in [-0.1, -0.05) is 23.8 Å². The van der Waals surface area contributed by atoms with E-state index in [0.29, 0.717) is 13.0 Å². The topological polar surface area (TPSA) is 89.2 Å². The summed E-state index contributed by atoms with van der Waals surface area (Å²) < 4.78 is 16.2. The predicted octanol–water partition coefficient (Wildman–Crippen LogP) is 2.31. The van der Waals surface area contributed by atoms with Crippen molar-refractivity contribution in [2.45, 2.75) is 56.4 Å². The van der Waals surface area contributed by atoms with Gasteiger partial charge in [-0.15, -0.1) is 0 Å². The van der Waals surface area contributed by atoms with Crippen molar-refractivity contribution in [2.24, 2.45) is 0 Å². The molecule has 0 bridgehead atoms. The third-order valence-corrected chi connectivity index (χ3v) is 5.93. The highest BCUT2D eigenvalue weighted by Gasteiger charge is 2.50. The van der Waals surface area contributed by atoms with Crippen LogP contribution in [-0.2, 0) is 19.1 Å². The zero-order chi connectivity index (χ0) is 21.7. The van der Waals surface area contributed by atoms with Gasteiger partial charge in [0.15, 0.2) is 5.78 Å². The second-order valence-corrected chi connectivity index (χ2v) is 8.10. The second kappa shape index (κ2) is 9.73. The highest BCUT2D eigenvalue weighted by molar-refractivity contribution is 5.97. The zero-order valence-corrected chi connectivity index (χ0v) is 18.2. The number of Topliss-reactive ketones (excluding diaryl/α,β-unsaturated/α-hetero) is 1. The fraction of sp³-hybridized carbons (Fsp3) is 0.565. The lowest BCUT2D eigenvalue weighted by atomic mass is 9.93. The molecule has 30 heavy (non-hydrogen) atoms. The summed E-state index contributed by atoms with van der Waals surface area (Å²) in [6.07, 6.45) is 5.28. The van der Waals surface area contributed by atoms with Crippen LogP contribution in [0.1, 0.15) is 44.3 Å². The monoisotopic (exact) mass is 416 g/mol. The first-order valence-corrected chi connectivity index (χ1v) is 10.4. The third-order valence-electron chi connectivity index (χ3n) is 5.93. The molecule has 4 unspecified atom stereocenters. The molecule has 164 valence electrons. The Morgan fingerprint density at radius 1 is 1.23 bits per heavy atom. The summed E-state index contributed by atoms with van der Waals surface area (Å²) in [6.45, 7) is 2.18. The molecule has 0 spiro atoms. The SMILES string of the molecule is CNC(C(=O)NC(CC1=CCCC1)C(=O)C1(C)CO1)C(OC)c1ccc(OC)cc1. The second-order valence-electron chi connectivity index (χ2n) is 8.10. The molecule has 1 aromatic rings. The normalized spacial score (nSPS) is 23.3. The van der Waals surface area contributed by atoms with Gasteiger partial charge in [0.1, 0.15) is 23.5 Å². The summed E-state index contributed by atoms with van der Waals surface area (Å²) in [6, 6.07) is 6.13. The highest BCUT2D eigenvalue weighted by atomic mass is 16.6. The number of ketones is 1. The number of carbonyl (C=O) groups excluding carboxylic acids is 2. The van der Waals surface area contributed by atoms with E-state index in [2.05, 4.69) is 16.7 Å². The molecule has 1 aliphatic carbocycles. The van der Waals surface area contributed by atoms with Gasteiger partial charge < -0.3 is 24.8 Å². The summed E-state index contributed by atoms with van der Waals surface area (Å²) in [7, 11) is 4.88. The van der Waals surface area contributed by atoms with E-state index in [4.69, 9.17) is 14.2 Å². The maximum atomic E-state index is 13.2. The quantitative estimate of drug-likeness (QED) is 0.425. The Bertz CT molecular complexity index is 785. The van der Waals surface area contributed by atoms with E-state index in [-0.39, 0.29) is 11.7 Å². The van der Waals surface area contributed by atoms with Crippen molar-refractivity contribution in [1.82, 2.24) is 10.6 Å². The lowest BCUT2D eigenvalue weighted by molar-refractivity contribution is -0.133. The Kier molecular flexibility index (Phi) is 7.28. The van der Waals surface area contributed by atoms with E-state index < -0.39 is 23.8 Å². The van der Waals surface area contributed by atoms with Gasteiger partial charge in [-0.2, -0.15) is 0 Å². The van der Waals surface area contributed by atoms with Crippen molar-refractivity contribution in [3.8, 4) is 5.75 Å². The van der Waals surface area contributed by atoms with Crippen molar-refractivity contribution in [1.29, 1.82) is 0 Å². The van der Waals surface area contributed by atoms with Gasteiger partial charge in [0.2, 0.25) is 5.91 Å². The number of ether oxygens (including phenoxy) is 3. The first-order chi connectivity index (χ1) is 14.4. The molecule has 0 saturated carbocycles. The number of allylic oxidation sites excluding steroid dienone is 1. The molecule has 1 fully saturated rings. The minimum Gasteiger partial charge on any atom is -0.497 e. The van der Waals surface area contributed by atoms with Crippen LogP contribution in [0.3, 0.4) is 0 Å². The lowest BCUT2D eigenvalue weighted by Gasteiger charge is -2.28. The van der Waals surface area contributed by atoms with Crippen molar-refractivity contribution >= 4 is 11.7 Å². The van der Waals surface area contributed by atoms with Crippen LogP contribution in [0, 0.1) is 0 Å². The van der Waals surface area contributed by atoms with Crippen molar-refractivity contribution in [3.05, 3.63) is 41.5 Å². The molecule has 0 radical (unpaired) electrons. The minimum absolute atomic E-state index is 0.0723. The van der Waals surface area contributed by atoms with Crippen LogP contribution in [0.25, 0.3) is 0 Å². The predicted molar refractivity (Wildman–Crippen MR) is 113 cm³/mol. The first-order valence-electron chi connectivity index (χ1n) is 10.4. The number of benzene rings is 1. The van der Waals surface area contributed by atoms with Gasteiger partial charge in [-0.3, -0.25) is 9.59 Å². The van der Waals surface area contributed by atoms with Crippen LogP contribution in [0.15, 0.2) is 35.9 Å². The molecule has 7 nitrogen and oxygen atoms in total. The Hall–Kier alpha value is -2.22. The van der Waals surface area contributed by atoms with Crippen molar-refractivity contribution < 1.29 is 23.8 Å². The van der Waals surface area contributed by atoms with E-state index in [1.807, 2.05) is 24.3 Å². The van der Waals surface area contributed by atoms with E-state index in [1.165, 1.54) is 5.57 Å². The fourth-order valence-electron chi connectivity index (χ4n) is 3.95. The third kappa shape index (κ3) is 5.09. The summed E-state index contributed by atoms with van der Waals surface area (Å²) in [5.41, 5.74) is 1.27. The number of methoxy groups -OCH3 is 2. The van der Waals surface area contributed by atoms with Crippen LogP contribution in [-0.4, -0.2) is 57.2 Å². The van der Waals surface area contributed by atoms with Gasteiger partial charge >= 0.3 is 0 Å². The average Bonchev–Trinajstić information content (AvgIpc) is 3.30. The number of hydrogen-bond donors (Lipinski definition) is 2. The lowest BCUT2D eigenvalue weighted by Crippen LogP contribution is -2.54. The van der Waals surface area contributed by atoms with Crippen LogP contribution in [0.4, 0.5) is 0 Å². The van der Waals surface area contributed by atoms with Gasteiger partial charge in [-0.05, 0) is 57.4 Å². The summed E-state index contributed by atoms with van der Waals surface area (Å²) >= 11 is 0. The largest absolute Gasteiger partial charge is 0.497 e. The number of amides is 1. The fourth-order valence-corrected chi connectivity index (χ4v) is 3.95. The number of rotatable bonds is 11. The Balaban J connectivity index is 1.76. The molecule has 7 heteroatoms. The number of epoxide rings is 1. The summed E-state index contributed by atoms with van der Waals surface area (Å²) in [5, 5.41) is 6.02. The number of hydrogen-bond acceptors (Lipinski definition) is 6. The van der Waals surface area contributed by atoms with Gasteiger partial charge in [0, 0.05) is 7.11 Å². The number of nitrogens with one attached hydrogen (secondary N) is 2. The molecule has 1 amide bonds. The zero-order valence-electron chi connectivity index (χ0n) is 18.2. The first kappa shape index (κ1) is 22.5. The molecule has 0 aromatic heterocycles. The molecule has 2 aliphatic rings. The smallest absolute Gasteiger partial charge is 0.240 e.